The second kappa shape index (κ2) is 6.39. The predicted octanol–water partition coefficient (Wildman–Crippen LogP) is 1.84. The number of hydrogen-bond donors (Lipinski definition) is 2. The van der Waals surface area contributed by atoms with Crippen LogP contribution in [-0.4, -0.2) is 22.5 Å². The van der Waals surface area contributed by atoms with Gasteiger partial charge in [-0.25, -0.2) is 0 Å². The van der Waals surface area contributed by atoms with Crippen LogP contribution in [0, 0.1) is 10.1 Å². The van der Waals surface area contributed by atoms with Crippen molar-refractivity contribution in [1.82, 2.24) is 5.32 Å². The summed E-state index contributed by atoms with van der Waals surface area (Å²) in [5.41, 5.74) is 0.307. The Morgan fingerprint density at radius 1 is 1.56 bits per heavy atom. The number of phenols is 1. The molecule has 0 bridgehead atoms. The molecule has 0 aliphatic carbocycles. The second-order valence-electron chi connectivity index (χ2n) is 3.68. The molecule has 1 aromatic carbocycles. The first-order valence-electron chi connectivity index (χ1n) is 5.39. The molecule has 2 N–H and O–H groups in total. The smallest absolute Gasteiger partial charge is 0.311 e. The van der Waals surface area contributed by atoms with Crippen molar-refractivity contribution >= 4 is 17.7 Å². The highest BCUT2D eigenvalue weighted by molar-refractivity contribution is 5.72. The van der Waals surface area contributed by atoms with Crippen LogP contribution in [0.25, 0.3) is 6.08 Å². The van der Waals surface area contributed by atoms with Crippen LogP contribution in [0.15, 0.2) is 24.3 Å². The molecule has 0 aromatic heterocycles. The average Bonchev–Trinajstić information content (AvgIpc) is 2.30. The molecule has 0 atom stereocenters. The minimum atomic E-state index is -0.635. The van der Waals surface area contributed by atoms with Crippen molar-refractivity contribution in [1.29, 1.82) is 0 Å². The molecule has 0 aliphatic heterocycles. The minimum Gasteiger partial charge on any atom is -0.502 e. The quantitative estimate of drug-likeness (QED) is 0.473. The van der Waals surface area contributed by atoms with Crippen molar-refractivity contribution in [3.8, 4) is 5.75 Å². The zero-order valence-electron chi connectivity index (χ0n) is 9.92. The fraction of sp³-hybridized carbons (Fsp3) is 0.250. The summed E-state index contributed by atoms with van der Waals surface area (Å²) < 4.78 is 0. The number of nitro benzene ring substituents is 1. The Morgan fingerprint density at radius 3 is 2.89 bits per heavy atom. The first kappa shape index (κ1) is 13.7. The summed E-state index contributed by atoms with van der Waals surface area (Å²) in [4.78, 5) is 20.6. The van der Waals surface area contributed by atoms with Gasteiger partial charge >= 0.3 is 5.69 Å². The zero-order valence-corrected chi connectivity index (χ0v) is 9.92. The summed E-state index contributed by atoms with van der Waals surface area (Å²) >= 11 is 0. The molecule has 6 heteroatoms. The number of nitrogens with zero attached hydrogens (tertiary/aromatic N) is 1. The first-order valence-corrected chi connectivity index (χ1v) is 5.39. The zero-order chi connectivity index (χ0) is 13.5. The van der Waals surface area contributed by atoms with E-state index in [0.29, 0.717) is 18.5 Å². The molecule has 18 heavy (non-hydrogen) atoms. The van der Waals surface area contributed by atoms with E-state index in [1.807, 2.05) is 0 Å². The minimum absolute atomic E-state index is 0.0938. The van der Waals surface area contributed by atoms with Gasteiger partial charge in [0.1, 0.15) is 0 Å². The van der Waals surface area contributed by atoms with Gasteiger partial charge in [0.05, 0.1) is 4.92 Å². The standard InChI is InChI=1S/C12H14N2O4/c1-9(15)13-7-3-2-4-10-5-6-12(16)11(8-10)14(17)18/h2,4-6,8,16H,3,7H2,1H3,(H,13,15). The maximum atomic E-state index is 10.6. The number of nitrogens with one attached hydrogen (secondary N) is 1. The highest BCUT2D eigenvalue weighted by Crippen LogP contribution is 2.26. The summed E-state index contributed by atoms with van der Waals surface area (Å²) in [6.45, 7) is 1.96. The molecule has 0 fully saturated rings. The van der Waals surface area contributed by atoms with Gasteiger partial charge in [-0.05, 0) is 18.1 Å². The molecule has 1 rings (SSSR count). The van der Waals surface area contributed by atoms with Crippen molar-refractivity contribution in [2.24, 2.45) is 0 Å². The Balaban J connectivity index is 2.62. The topological polar surface area (TPSA) is 92.5 Å². The molecular formula is C12H14N2O4. The van der Waals surface area contributed by atoms with Gasteiger partial charge in [-0.15, -0.1) is 0 Å². The molecule has 6 nitrogen and oxygen atoms in total. The number of rotatable bonds is 5. The van der Waals surface area contributed by atoms with E-state index < -0.39 is 4.92 Å². The van der Waals surface area contributed by atoms with Gasteiger partial charge in [-0.1, -0.05) is 18.2 Å². The van der Waals surface area contributed by atoms with Crippen molar-refractivity contribution in [3.05, 3.63) is 40.0 Å². The van der Waals surface area contributed by atoms with Gasteiger partial charge in [0, 0.05) is 19.5 Å². The molecule has 0 aliphatic rings. The third-order valence-electron chi connectivity index (χ3n) is 2.19. The monoisotopic (exact) mass is 250 g/mol. The maximum Gasteiger partial charge on any atom is 0.311 e. The van der Waals surface area contributed by atoms with Crippen LogP contribution in [0.5, 0.6) is 5.75 Å². The highest BCUT2D eigenvalue weighted by Gasteiger charge is 2.12. The van der Waals surface area contributed by atoms with Crippen LogP contribution in [0.4, 0.5) is 5.69 Å². The van der Waals surface area contributed by atoms with Crippen LogP contribution < -0.4 is 5.32 Å². The Bertz CT molecular complexity index is 483. The summed E-state index contributed by atoms with van der Waals surface area (Å²) in [5.74, 6) is -0.445. The lowest BCUT2D eigenvalue weighted by molar-refractivity contribution is -0.385. The Labute approximate surface area is 104 Å². The fourth-order valence-corrected chi connectivity index (χ4v) is 1.34. The van der Waals surface area contributed by atoms with Gasteiger partial charge in [0.2, 0.25) is 5.91 Å². The second-order valence-corrected chi connectivity index (χ2v) is 3.68. The van der Waals surface area contributed by atoms with E-state index in [9.17, 15) is 20.0 Å². The molecule has 0 saturated heterocycles. The third kappa shape index (κ3) is 4.25. The van der Waals surface area contributed by atoms with E-state index in [4.69, 9.17) is 0 Å². The van der Waals surface area contributed by atoms with Crippen molar-refractivity contribution in [3.63, 3.8) is 0 Å². The summed E-state index contributed by atoms with van der Waals surface area (Å²) in [5, 5.41) is 22.5. The third-order valence-corrected chi connectivity index (χ3v) is 2.19. The normalized spacial score (nSPS) is 10.5. The molecule has 0 spiro atoms. The van der Waals surface area contributed by atoms with Gasteiger partial charge in [-0.3, -0.25) is 14.9 Å². The largest absolute Gasteiger partial charge is 0.502 e. The van der Waals surface area contributed by atoms with Crippen LogP contribution >= 0.6 is 0 Å². The van der Waals surface area contributed by atoms with E-state index in [2.05, 4.69) is 5.32 Å². The number of nitro groups is 1. The van der Waals surface area contributed by atoms with Crippen LogP contribution in [-0.2, 0) is 4.79 Å². The lowest BCUT2D eigenvalue weighted by Crippen LogP contribution is -2.20. The van der Waals surface area contributed by atoms with E-state index in [1.54, 1.807) is 18.2 Å². The summed E-state index contributed by atoms with van der Waals surface area (Å²) in [6, 6.07) is 4.16. The molecular weight excluding hydrogens is 236 g/mol. The van der Waals surface area contributed by atoms with Gasteiger partial charge in [-0.2, -0.15) is 0 Å². The Morgan fingerprint density at radius 2 is 2.28 bits per heavy atom. The lowest BCUT2D eigenvalue weighted by atomic mass is 10.1. The van der Waals surface area contributed by atoms with Crippen molar-refractivity contribution in [2.75, 3.05) is 6.54 Å². The number of aromatic hydroxyl groups is 1. The van der Waals surface area contributed by atoms with Crippen molar-refractivity contribution < 1.29 is 14.8 Å². The Kier molecular flexibility index (Phi) is 4.86. The lowest BCUT2D eigenvalue weighted by Gasteiger charge is -1.99. The molecule has 96 valence electrons. The van der Waals surface area contributed by atoms with Crippen LogP contribution in [0.2, 0.25) is 0 Å². The van der Waals surface area contributed by atoms with E-state index >= 15 is 0 Å². The molecule has 0 unspecified atom stereocenters. The molecule has 0 heterocycles. The number of amides is 1. The summed E-state index contributed by atoms with van der Waals surface area (Å²) in [6.07, 6.45) is 4.13. The number of carbonyl (C=O) groups excluding carboxylic acids is 1. The van der Waals surface area contributed by atoms with Gasteiger partial charge in [0.15, 0.2) is 5.75 Å². The molecule has 0 radical (unpaired) electrons. The predicted molar refractivity (Wildman–Crippen MR) is 67.1 cm³/mol. The molecule has 1 aromatic rings. The number of benzene rings is 1. The number of carbonyl (C=O) groups is 1. The highest BCUT2D eigenvalue weighted by atomic mass is 16.6. The van der Waals surface area contributed by atoms with E-state index in [0.717, 1.165) is 0 Å². The van der Waals surface area contributed by atoms with E-state index in [1.165, 1.54) is 19.1 Å². The molecule has 1 amide bonds. The molecule has 0 saturated carbocycles. The SMILES string of the molecule is CC(=O)NCCC=Cc1ccc(O)c([N+](=O)[O-])c1. The first-order chi connectivity index (χ1) is 8.50. The van der Waals surface area contributed by atoms with Gasteiger partial charge < -0.3 is 10.4 Å². The maximum absolute atomic E-state index is 10.6. The fourth-order valence-electron chi connectivity index (χ4n) is 1.34. The van der Waals surface area contributed by atoms with E-state index in [-0.39, 0.29) is 17.3 Å². The average molecular weight is 250 g/mol. The number of hydrogen-bond acceptors (Lipinski definition) is 4. The van der Waals surface area contributed by atoms with Gasteiger partial charge in [0.25, 0.3) is 0 Å². The van der Waals surface area contributed by atoms with Crippen LogP contribution in [0.1, 0.15) is 18.9 Å². The Hall–Kier alpha value is -2.37. The van der Waals surface area contributed by atoms with Crippen molar-refractivity contribution in [2.45, 2.75) is 13.3 Å². The summed E-state index contributed by atoms with van der Waals surface area (Å²) in [7, 11) is 0. The number of phenolic OH excluding ortho intramolecular Hbond substituents is 1. The van der Waals surface area contributed by atoms with Crippen LogP contribution in [0.3, 0.4) is 0 Å².